The standard InChI is InChI=1S/C31H64N4/c1-8-12-16-28(10-3)21-34-23-31(7,24-35(25-34)22-29(11-4)17-13-9-2)33-20-19-32-30-18-14-15-26(5)27(30)6/h26-30,32-33H,8-25H2,1-7H3. The van der Waals surface area contributed by atoms with Gasteiger partial charge in [0.05, 0.1) is 6.67 Å². The molecule has 35 heavy (non-hydrogen) atoms. The smallest absolute Gasteiger partial charge is 0.0507 e. The van der Waals surface area contributed by atoms with Crippen LogP contribution in [-0.4, -0.2) is 67.3 Å². The third kappa shape index (κ3) is 11.0. The number of nitrogens with one attached hydrogen (secondary N) is 2. The second kappa shape index (κ2) is 16.6. The molecule has 208 valence electrons. The van der Waals surface area contributed by atoms with Gasteiger partial charge >= 0.3 is 0 Å². The number of nitrogens with zero attached hydrogens (tertiary/aromatic N) is 2. The van der Waals surface area contributed by atoms with Gasteiger partial charge in [0.25, 0.3) is 0 Å². The number of unbranched alkanes of at least 4 members (excludes halogenated alkanes) is 2. The lowest BCUT2D eigenvalue weighted by molar-refractivity contribution is 0.00504. The van der Waals surface area contributed by atoms with Crippen LogP contribution < -0.4 is 10.6 Å². The predicted molar refractivity (Wildman–Crippen MR) is 155 cm³/mol. The minimum Gasteiger partial charge on any atom is -0.312 e. The summed E-state index contributed by atoms with van der Waals surface area (Å²) in [6, 6.07) is 0.709. The molecule has 5 atom stereocenters. The van der Waals surface area contributed by atoms with Crippen molar-refractivity contribution in [3.8, 4) is 0 Å². The molecule has 2 rings (SSSR count). The minimum absolute atomic E-state index is 0.178. The molecular formula is C31H64N4. The van der Waals surface area contributed by atoms with Gasteiger partial charge < -0.3 is 10.6 Å². The van der Waals surface area contributed by atoms with Gasteiger partial charge in [0.15, 0.2) is 0 Å². The Morgan fingerprint density at radius 2 is 1.40 bits per heavy atom. The highest BCUT2D eigenvalue weighted by Gasteiger charge is 2.36. The zero-order valence-corrected chi connectivity index (χ0v) is 25.0. The lowest BCUT2D eigenvalue weighted by atomic mass is 9.78. The molecule has 1 saturated carbocycles. The van der Waals surface area contributed by atoms with Gasteiger partial charge in [-0.3, -0.25) is 9.80 Å². The Kier molecular flexibility index (Phi) is 14.8. The van der Waals surface area contributed by atoms with Crippen LogP contribution in [0.1, 0.15) is 119 Å². The highest BCUT2D eigenvalue weighted by molar-refractivity contribution is 4.95. The average molecular weight is 493 g/mol. The van der Waals surface area contributed by atoms with E-state index in [2.05, 4.69) is 68.9 Å². The molecule has 0 amide bonds. The SMILES string of the molecule is CCCCC(CC)CN1CN(CC(CC)CCCC)CC(C)(NCCNC2CCCC(C)C2C)C1. The Balaban J connectivity index is 1.95. The molecule has 1 saturated heterocycles. The number of hydrogen-bond donors (Lipinski definition) is 2. The van der Waals surface area contributed by atoms with Crippen LogP contribution in [-0.2, 0) is 0 Å². The normalized spacial score (nSPS) is 30.4. The third-order valence-corrected chi connectivity index (χ3v) is 9.45. The molecular weight excluding hydrogens is 428 g/mol. The van der Waals surface area contributed by atoms with E-state index in [1.165, 1.54) is 96.8 Å². The summed E-state index contributed by atoms with van der Waals surface area (Å²) in [4.78, 5) is 5.59. The first-order valence-corrected chi connectivity index (χ1v) is 15.8. The molecule has 1 aliphatic carbocycles. The zero-order valence-electron chi connectivity index (χ0n) is 25.0. The summed E-state index contributed by atoms with van der Waals surface area (Å²) in [6.07, 6.45) is 15.0. The fourth-order valence-electron chi connectivity index (χ4n) is 6.83. The highest BCUT2D eigenvalue weighted by Crippen LogP contribution is 2.29. The molecule has 0 radical (unpaired) electrons. The maximum absolute atomic E-state index is 4.05. The monoisotopic (exact) mass is 493 g/mol. The Morgan fingerprint density at radius 1 is 0.829 bits per heavy atom. The van der Waals surface area contributed by atoms with Crippen molar-refractivity contribution in [1.82, 2.24) is 20.4 Å². The van der Waals surface area contributed by atoms with E-state index in [0.29, 0.717) is 6.04 Å². The fourth-order valence-corrected chi connectivity index (χ4v) is 6.83. The van der Waals surface area contributed by atoms with E-state index < -0.39 is 0 Å². The van der Waals surface area contributed by atoms with Crippen molar-refractivity contribution in [2.45, 2.75) is 131 Å². The number of rotatable bonds is 17. The van der Waals surface area contributed by atoms with Crippen LogP contribution in [0.5, 0.6) is 0 Å². The first-order chi connectivity index (χ1) is 16.8. The summed E-state index contributed by atoms with van der Waals surface area (Å²) in [5.74, 6) is 3.36. The second-order valence-electron chi connectivity index (χ2n) is 12.8. The molecule has 0 aromatic heterocycles. The molecule has 1 aliphatic heterocycles. The Bertz CT molecular complexity index is 512. The van der Waals surface area contributed by atoms with Crippen molar-refractivity contribution >= 4 is 0 Å². The van der Waals surface area contributed by atoms with E-state index in [0.717, 1.165) is 43.4 Å². The summed E-state index contributed by atoms with van der Waals surface area (Å²) in [5, 5.41) is 7.97. The van der Waals surface area contributed by atoms with E-state index in [1.807, 2.05) is 0 Å². The Labute approximate surface area is 220 Å². The fraction of sp³-hybridized carbons (Fsp3) is 1.00. The van der Waals surface area contributed by atoms with Gasteiger partial charge in [0, 0.05) is 50.8 Å². The van der Waals surface area contributed by atoms with Crippen LogP contribution >= 0.6 is 0 Å². The predicted octanol–water partition coefficient (Wildman–Crippen LogP) is 6.76. The lowest BCUT2D eigenvalue weighted by Gasteiger charge is -2.48. The van der Waals surface area contributed by atoms with Crippen molar-refractivity contribution in [1.29, 1.82) is 0 Å². The van der Waals surface area contributed by atoms with Crippen molar-refractivity contribution < 1.29 is 0 Å². The van der Waals surface area contributed by atoms with Gasteiger partial charge in [-0.2, -0.15) is 0 Å². The molecule has 2 aliphatic rings. The average Bonchev–Trinajstić information content (AvgIpc) is 2.84. The van der Waals surface area contributed by atoms with Crippen LogP contribution in [0, 0.1) is 23.7 Å². The van der Waals surface area contributed by atoms with Gasteiger partial charge in [0.2, 0.25) is 0 Å². The van der Waals surface area contributed by atoms with E-state index in [9.17, 15) is 0 Å². The van der Waals surface area contributed by atoms with Crippen molar-refractivity contribution in [2.24, 2.45) is 23.7 Å². The molecule has 1 heterocycles. The van der Waals surface area contributed by atoms with E-state index >= 15 is 0 Å². The van der Waals surface area contributed by atoms with Crippen LogP contribution in [0.25, 0.3) is 0 Å². The van der Waals surface area contributed by atoms with Crippen LogP contribution in [0.2, 0.25) is 0 Å². The van der Waals surface area contributed by atoms with Crippen LogP contribution in [0.3, 0.4) is 0 Å². The molecule has 4 nitrogen and oxygen atoms in total. The summed E-state index contributed by atoms with van der Waals surface area (Å²) in [5.41, 5.74) is 0.178. The molecule has 4 heteroatoms. The summed E-state index contributed by atoms with van der Waals surface area (Å²) in [7, 11) is 0. The van der Waals surface area contributed by atoms with Crippen molar-refractivity contribution in [3.63, 3.8) is 0 Å². The Morgan fingerprint density at radius 3 is 1.91 bits per heavy atom. The van der Waals surface area contributed by atoms with Gasteiger partial charge in [-0.15, -0.1) is 0 Å². The topological polar surface area (TPSA) is 30.5 Å². The summed E-state index contributed by atoms with van der Waals surface area (Å²) >= 11 is 0. The largest absolute Gasteiger partial charge is 0.312 e. The quantitative estimate of drug-likeness (QED) is 0.220. The molecule has 0 bridgehead atoms. The highest BCUT2D eigenvalue weighted by atomic mass is 15.4. The molecule has 0 aromatic carbocycles. The van der Waals surface area contributed by atoms with Crippen LogP contribution in [0.15, 0.2) is 0 Å². The van der Waals surface area contributed by atoms with Gasteiger partial charge in [-0.25, -0.2) is 0 Å². The molecule has 5 unspecified atom stereocenters. The summed E-state index contributed by atoms with van der Waals surface area (Å²) < 4.78 is 0. The van der Waals surface area contributed by atoms with E-state index in [4.69, 9.17) is 0 Å². The maximum Gasteiger partial charge on any atom is 0.0507 e. The molecule has 0 aromatic rings. The van der Waals surface area contributed by atoms with Crippen molar-refractivity contribution in [2.75, 3.05) is 45.9 Å². The molecule has 2 fully saturated rings. The van der Waals surface area contributed by atoms with Gasteiger partial charge in [0.1, 0.15) is 0 Å². The maximum atomic E-state index is 4.05. The summed E-state index contributed by atoms with van der Waals surface area (Å²) in [6.45, 7) is 25.1. The van der Waals surface area contributed by atoms with E-state index in [1.54, 1.807) is 0 Å². The van der Waals surface area contributed by atoms with Gasteiger partial charge in [-0.1, -0.05) is 92.9 Å². The lowest BCUT2D eigenvalue weighted by Crippen LogP contribution is -2.65. The minimum atomic E-state index is 0.178. The van der Waals surface area contributed by atoms with Gasteiger partial charge in [-0.05, 0) is 49.9 Å². The first kappa shape index (κ1) is 31.1. The Hall–Kier alpha value is -0.160. The third-order valence-electron chi connectivity index (χ3n) is 9.45. The molecule has 0 spiro atoms. The van der Waals surface area contributed by atoms with Crippen molar-refractivity contribution in [3.05, 3.63) is 0 Å². The van der Waals surface area contributed by atoms with E-state index in [-0.39, 0.29) is 5.54 Å². The molecule has 2 N–H and O–H groups in total. The first-order valence-electron chi connectivity index (χ1n) is 15.8. The zero-order chi connectivity index (χ0) is 25.7. The second-order valence-corrected chi connectivity index (χ2v) is 12.8. The van der Waals surface area contributed by atoms with Crippen LogP contribution in [0.4, 0.5) is 0 Å². The number of hydrogen-bond acceptors (Lipinski definition) is 4.